The molecule has 0 aromatic rings. The van der Waals surface area contributed by atoms with E-state index in [0.717, 1.165) is 44.9 Å². The monoisotopic (exact) mass is 290 g/mol. The summed E-state index contributed by atoms with van der Waals surface area (Å²) < 4.78 is 31.9. The molecular formula is C13H26N2O3S. The van der Waals surface area contributed by atoms with Gasteiger partial charge in [0.05, 0.1) is 5.75 Å². The molecule has 0 unspecified atom stereocenters. The van der Waals surface area contributed by atoms with Crippen LogP contribution in [0.2, 0.25) is 0 Å². The summed E-state index contributed by atoms with van der Waals surface area (Å²) in [7, 11) is -3.11. The van der Waals surface area contributed by atoms with Crippen molar-refractivity contribution >= 4 is 10.0 Å². The second-order valence-corrected chi connectivity index (χ2v) is 7.59. The Balaban J connectivity index is 1.52. The second-order valence-electron chi connectivity index (χ2n) is 5.74. The first-order valence-corrected chi connectivity index (χ1v) is 9.07. The minimum atomic E-state index is -3.11. The minimum Gasteiger partial charge on any atom is -0.381 e. The van der Waals surface area contributed by atoms with Crippen LogP contribution in [0.15, 0.2) is 0 Å². The van der Waals surface area contributed by atoms with Crippen LogP contribution in [0.3, 0.4) is 0 Å². The summed E-state index contributed by atoms with van der Waals surface area (Å²) in [5.74, 6) is 1.36. The van der Waals surface area contributed by atoms with Gasteiger partial charge in [-0.3, -0.25) is 0 Å². The van der Waals surface area contributed by atoms with Crippen LogP contribution in [0.1, 0.15) is 32.1 Å². The molecule has 2 rings (SSSR count). The van der Waals surface area contributed by atoms with Crippen molar-refractivity contribution < 1.29 is 13.2 Å². The second kappa shape index (κ2) is 7.57. The molecule has 1 heterocycles. The van der Waals surface area contributed by atoms with Gasteiger partial charge in [-0.1, -0.05) is 0 Å². The molecule has 6 heteroatoms. The molecule has 0 atom stereocenters. The highest BCUT2D eigenvalue weighted by atomic mass is 32.2. The first-order valence-electron chi connectivity index (χ1n) is 7.41. The number of sulfonamides is 1. The third-order valence-corrected chi connectivity index (χ3v) is 5.31. The fourth-order valence-electron chi connectivity index (χ4n) is 2.35. The lowest BCUT2D eigenvalue weighted by Gasteiger charge is -2.22. The van der Waals surface area contributed by atoms with E-state index >= 15 is 0 Å². The van der Waals surface area contributed by atoms with E-state index < -0.39 is 10.0 Å². The van der Waals surface area contributed by atoms with Gasteiger partial charge in [0, 0.05) is 19.8 Å². The van der Waals surface area contributed by atoms with Gasteiger partial charge in [-0.05, 0) is 57.0 Å². The molecule has 2 N–H and O–H groups in total. The van der Waals surface area contributed by atoms with E-state index in [-0.39, 0.29) is 5.75 Å². The van der Waals surface area contributed by atoms with Crippen molar-refractivity contribution in [2.45, 2.75) is 32.1 Å². The smallest absolute Gasteiger partial charge is 0.211 e. The fourth-order valence-corrected chi connectivity index (χ4v) is 3.88. The van der Waals surface area contributed by atoms with Crippen LogP contribution < -0.4 is 10.0 Å². The van der Waals surface area contributed by atoms with Gasteiger partial charge in [-0.25, -0.2) is 13.1 Å². The highest BCUT2D eigenvalue weighted by Crippen LogP contribution is 2.28. The largest absolute Gasteiger partial charge is 0.381 e. The molecule has 0 bridgehead atoms. The molecule has 2 aliphatic rings. The number of nitrogens with one attached hydrogen (secondary N) is 2. The van der Waals surface area contributed by atoms with Crippen molar-refractivity contribution in [1.82, 2.24) is 10.0 Å². The van der Waals surface area contributed by atoms with Crippen LogP contribution in [0.5, 0.6) is 0 Å². The standard InChI is InChI=1S/C13H26N2O3S/c16-19(17,11-13-4-7-14-8-5-13)15-6-1-9-18-10-12-2-3-12/h12-15H,1-11H2. The lowest BCUT2D eigenvalue weighted by atomic mass is 10.0. The normalized spacial score (nSPS) is 21.7. The Kier molecular flexibility index (Phi) is 6.06. The maximum absolute atomic E-state index is 11.9. The van der Waals surface area contributed by atoms with E-state index in [9.17, 15) is 8.42 Å². The Morgan fingerprint density at radius 3 is 2.53 bits per heavy atom. The van der Waals surface area contributed by atoms with Crippen LogP contribution >= 0.6 is 0 Å². The maximum atomic E-state index is 11.9. The molecule has 2 fully saturated rings. The van der Waals surface area contributed by atoms with Gasteiger partial charge in [-0.15, -0.1) is 0 Å². The Morgan fingerprint density at radius 1 is 1.11 bits per heavy atom. The summed E-state index contributed by atoms with van der Waals surface area (Å²) in [6.45, 7) is 3.89. The Labute approximate surface area is 116 Å². The number of ether oxygens (including phenoxy) is 1. The van der Waals surface area contributed by atoms with Crippen molar-refractivity contribution in [2.75, 3.05) is 38.6 Å². The molecule has 1 saturated carbocycles. The SMILES string of the molecule is O=S(=O)(CC1CCNCC1)NCCCOCC1CC1. The first kappa shape index (κ1) is 15.2. The van der Waals surface area contributed by atoms with Crippen molar-refractivity contribution in [3.63, 3.8) is 0 Å². The van der Waals surface area contributed by atoms with Crippen molar-refractivity contribution in [3.8, 4) is 0 Å². The van der Waals surface area contributed by atoms with Crippen LogP contribution in [0.4, 0.5) is 0 Å². The van der Waals surface area contributed by atoms with Gasteiger partial charge in [-0.2, -0.15) is 0 Å². The summed E-state index contributed by atoms with van der Waals surface area (Å²) in [6, 6.07) is 0. The number of hydrogen-bond acceptors (Lipinski definition) is 4. The highest BCUT2D eigenvalue weighted by molar-refractivity contribution is 7.89. The highest BCUT2D eigenvalue weighted by Gasteiger charge is 2.21. The molecular weight excluding hydrogens is 264 g/mol. The summed E-state index contributed by atoms with van der Waals surface area (Å²) in [5.41, 5.74) is 0. The molecule has 1 aliphatic heterocycles. The zero-order valence-corrected chi connectivity index (χ0v) is 12.4. The van der Waals surface area contributed by atoms with Crippen LogP contribution in [0.25, 0.3) is 0 Å². The van der Waals surface area contributed by atoms with Crippen LogP contribution in [-0.2, 0) is 14.8 Å². The Morgan fingerprint density at radius 2 is 1.84 bits per heavy atom. The van der Waals surface area contributed by atoms with E-state index in [4.69, 9.17) is 4.74 Å². The molecule has 5 nitrogen and oxygen atoms in total. The van der Waals surface area contributed by atoms with E-state index in [1.54, 1.807) is 0 Å². The third kappa shape index (κ3) is 6.70. The van der Waals surface area contributed by atoms with Gasteiger partial charge in [0.1, 0.15) is 0 Å². The van der Waals surface area contributed by atoms with E-state index in [0.29, 0.717) is 19.1 Å². The fraction of sp³-hybridized carbons (Fsp3) is 1.00. The Bertz CT molecular complexity index is 349. The van der Waals surface area contributed by atoms with Gasteiger partial charge in [0.15, 0.2) is 0 Å². The summed E-state index contributed by atoms with van der Waals surface area (Å²) >= 11 is 0. The number of piperidine rings is 1. The Hall–Kier alpha value is -0.170. The average molecular weight is 290 g/mol. The van der Waals surface area contributed by atoms with Gasteiger partial charge in [0.2, 0.25) is 10.0 Å². The molecule has 0 aromatic heterocycles. The van der Waals surface area contributed by atoms with Gasteiger partial charge in [0.25, 0.3) is 0 Å². The van der Waals surface area contributed by atoms with E-state index in [2.05, 4.69) is 10.0 Å². The zero-order valence-electron chi connectivity index (χ0n) is 11.6. The lowest BCUT2D eigenvalue weighted by molar-refractivity contribution is 0.123. The van der Waals surface area contributed by atoms with Gasteiger partial charge < -0.3 is 10.1 Å². The third-order valence-electron chi connectivity index (χ3n) is 3.75. The predicted octanol–water partition coefficient (Wildman–Crippen LogP) is 0.722. The molecule has 0 spiro atoms. The molecule has 112 valence electrons. The van der Waals surface area contributed by atoms with Crippen molar-refractivity contribution in [2.24, 2.45) is 11.8 Å². The summed E-state index contributed by atoms with van der Waals surface area (Å²) in [4.78, 5) is 0. The molecule has 1 aliphatic carbocycles. The number of hydrogen-bond donors (Lipinski definition) is 2. The molecule has 0 amide bonds. The maximum Gasteiger partial charge on any atom is 0.211 e. The van der Waals surface area contributed by atoms with Crippen molar-refractivity contribution in [3.05, 3.63) is 0 Å². The zero-order chi connectivity index (χ0) is 13.6. The average Bonchev–Trinajstić information content (AvgIpc) is 3.18. The molecule has 1 saturated heterocycles. The van der Waals surface area contributed by atoms with Crippen molar-refractivity contribution in [1.29, 1.82) is 0 Å². The molecule has 0 radical (unpaired) electrons. The predicted molar refractivity (Wildman–Crippen MR) is 75.5 cm³/mol. The van der Waals surface area contributed by atoms with E-state index in [1.165, 1.54) is 12.8 Å². The summed E-state index contributed by atoms with van der Waals surface area (Å²) in [5, 5.41) is 3.25. The summed E-state index contributed by atoms with van der Waals surface area (Å²) in [6.07, 6.45) is 5.28. The van der Waals surface area contributed by atoms with Crippen LogP contribution in [-0.4, -0.2) is 47.0 Å². The lowest BCUT2D eigenvalue weighted by Crippen LogP contribution is -2.36. The number of rotatable bonds is 9. The van der Waals surface area contributed by atoms with Crippen LogP contribution in [0, 0.1) is 11.8 Å². The van der Waals surface area contributed by atoms with Gasteiger partial charge >= 0.3 is 0 Å². The molecule has 0 aromatic carbocycles. The quantitative estimate of drug-likeness (QED) is 0.614. The molecule has 19 heavy (non-hydrogen) atoms. The minimum absolute atomic E-state index is 0.275. The first-order chi connectivity index (χ1) is 9.16. The van der Waals surface area contributed by atoms with E-state index in [1.807, 2.05) is 0 Å². The topological polar surface area (TPSA) is 67.4 Å².